The van der Waals surface area contributed by atoms with Crippen LogP contribution in [-0.4, -0.2) is 57.1 Å². The zero-order chi connectivity index (χ0) is 18.4. The van der Waals surface area contributed by atoms with Crippen LogP contribution < -0.4 is 4.90 Å². The van der Waals surface area contributed by atoms with E-state index in [0.29, 0.717) is 34.5 Å². The van der Waals surface area contributed by atoms with Crippen LogP contribution in [0, 0.1) is 6.92 Å². The molecule has 1 aliphatic heterocycles. The maximum absolute atomic E-state index is 11.3. The number of aromatic nitrogens is 5. The molecule has 9 heteroatoms. The Balaban J connectivity index is 1.77. The first-order chi connectivity index (χ1) is 13.2. The van der Waals surface area contributed by atoms with Crippen molar-refractivity contribution >= 4 is 44.8 Å². The van der Waals surface area contributed by atoms with E-state index in [-0.39, 0.29) is 0 Å². The normalized spacial score (nSPS) is 14.9. The van der Waals surface area contributed by atoms with Gasteiger partial charge in [-0.1, -0.05) is 23.5 Å². The molecule has 0 N–H and O–H groups in total. The maximum Gasteiger partial charge on any atom is 0.239 e. The van der Waals surface area contributed by atoms with Crippen LogP contribution in [0.4, 0.5) is 5.82 Å². The SMILES string of the molecule is Cc1nc2ccccc2n1-c1nc(N2CCOCC2)c2nc(C=O)sc2n1. The molecule has 0 bridgehead atoms. The average Bonchev–Trinajstić information content (AvgIpc) is 3.27. The monoisotopic (exact) mass is 380 g/mol. The van der Waals surface area contributed by atoms with Crippen molar-refractivity contribution in [2.24, 2.45) is 0 Å². The number of hydrogen-bond donors (Lipinski definition) is 0. The first-order valence-corrected chi connectivity index (χ1v) is 9.47. The van der Waals surface area contributed by atoms with Gasteiger partial charge in [0.05, 0.1) is 24.2 Å². The molecule has 3 aromatic heterocycles. The lowest BCUT2D eigenvalue weighted by Gasteiger charge is -2.28. The number of morpholine rings is 1. The summed E-state index contributed by atoms with van der Waals surface area (Å²) < 4.78 is 7.41. The molecule has 4 aromatic rings. The number of carbonyl (C=O) groups is 1. The summed E-state index contributed by atoms with van der Waals surface area (Å²) in [6, 6.07) is 7.90. The third-order valence-corrected chi connectivity index (χ3v) is 5.46. The van der Waals surface area contributed by atoms with Gasteiger partial charge in [0.2, 0.25) is 5.95 Å². The molecule has 0 unspecified atom stereocenters. The van der Waals surface area contributed by atoms with Crippen molar-refractivity contribution in [1.82, 2.24) is 24.5 Å². The average molecular weight is 380 g/mol. The van der Waals surface area contributed by atoms with Crippen molar-refractivity contribution < 1.29 is 9.53 Å². The molecule has 1 aromatic carbocycles. The van der Waals surface area contributed by atoms with E-state index in [1.807, 2.05) is 35.8 Å². The van der Waals surface area contributed by atoms with Crippen LogP contribution in [0.25, 0.3) is 27.3 Å². The second kappa shape index (κ2) is 6.36. The van der Waals surface area contributed by atoms with Crippen LogP contribution in [0.15, 0.2) is 24.3 Å². The number of fused-ring (bicyclic) bond motifs is 2. The molecule has 0 aliphatic carbocycles. The van der Waals surface area contributed by atoms with Gasteiger partial charge in [0.1, 0.15) is 11.3 Å². The molecule has 0 saturated carbocycles. The molecule has 1 saturated heterocycles. The molecule has 0 radical (unpaired) electrons. The summed E-state index contributed by atoms with van der Waals surface area (Å²) in [4.78, 5) is 32.7. The number of nitrogens with zero attached hydrogens (tertiary/aromatic N) is 6. The van der Waals surface area contributed by atoms with E-state index in [2.05, 4.69) is 14.9 Å². The highest BCUT2D eigenvalue weighted by Gasteiger charge is 2.22. The Kier molecular flexibility index (Phi) is 3.83. The summed E-state index contributed by atoms with van der Waals surface area (Å²) in [6.07, 6.45) is 0.757. The number of thiazole rings is 1. The molecule has 136 valence electrons. The summed E-state index contributed by atoms with van der Waals surface area (Å²) in [5.41, 5.74) is 2.50. The topological polar surface area (TPSA) is 86.0 Å². The molecule has 0 atom stereocenters. The van der Waals surface area contributed by atoms with Crippen LogP contribution in [0.2, 0.25) is 0 Å². The van der Waals surface area contributed by atoms with Gasteiger partial charge in [0.15, 0.2) is 21.9 Å². The number of para-hydroxylation sites is 2. The van der Waals surface area contributed by atoms with E-state index >= 15 is 0 Å². The fourth-order valence-corrected chi connectivity index (χ4v) is 4.10. The number of ether oxygens (including phenoxy) is 1. The predicted octanol–water partition coefficient (Wildman–Crippen LogP) is 2.38. The quantitative estimate of drug-likeness (QED) is 0.504. The van der Waals surface area contributed by atoms with Gasteiger partial charge in [0.25, 0.3) is 0 Å². The number of carbonyl (C=O) groups excluding carboxylic acids is 1. The lowest BCUT2D eigenvalue weighted by Crippen LogP contribution is -2.37. The minimum absolute atomic E-state index is 0.401. The Bertz CT molecular complexity index is 1160. The van der Waals surface area contributed by atoms with E-state index in [9.17, 15) is 4.79 Å². The highest BCUT2D eigenvalue weighted by Crippen LogP contribution is 2.30. The number of anilines is 1. The maximum atomic E-state index is 11.3. The Morgan fingerprint density at radius 2 is 1.93 bits per heavy atom. The van der Waals surface area contributed by atoms with Gasteiger partial charge in [-0.2, -0.15) is 9.97 Å². The van der Waals surface area contributed by atoms with Gasteiger partial charge in [-0.15, -0.1) is 0 Å². The van der Waals surface area contributed by atoms with E-state index in [0.717, 1.165) is 42.1 Å². The highest BCUT2D eigenvalue weighted by atomic mass is 32.1. The number of hydrogen-bond acceptors (Lipinski definition) is 8. The molecule has 4 heterocycles. The number of imidazole rings is 1. The third-order valence-electron chi connectivity index (χ3n) is 4.58. The van der Waals surface area contributed by atoms with Crippen LogP contribution in [0.5, 0.6) is 0 Å². The molecule has 1 aliphatic rings. The van der Waals surface area contributed by atoms with E-state index < -0.39 is 0 Å². The first-order valence-electron chi connectivity index (χ1n) is 8.65. The summed E-state index contributed by atoms with van der Waals surface area (Å²) in [7, 11) is 0. The smallest absolute Gasteiger partial charge is 0.239 e. The van der Waals surface area contributed by atoms with Crippen molar-refractivity contribution in [2.75, 3.05) is 31.2 Å². The zero-order valence-electron chi connectivity index (χ0n) is 14.6. The molecule has 5 rings (SSSR count). The van der Waals surface area contributed by atoms with Crippen molar-refractivity contribution in [2.45, 2.75) is 6.92 Å². The number of aryl methyl sites for hydroxylation is 1. The zero-order valence-corrected chi connectivity index (χ0v) is 15.4. The van der Waals surface area contributed by atoms with Crippen molar-refractivity contribution in [3.8, 4) is 5.95 Å². The molecule has 8 nitrogen and oxygen atoms in total. The minimum atomic E-state index is 0.401. The van der Waals surface area contributed by atoms with Gasteiger partial charge in [-0.05, 0) is 19.1 Å². The Morgan fingerprint density at radius 3 is 2.74 bits per heavy atom. The van der Waals surface area contributed by atoms with E-state index in [1.165, 1.54) is 11.3 Å². The standard InChI is InChI=1S/C18H16N6O2S/c1-11-19-12-4-2-3-5-13(12)24(11)18-21-16(23-6-8-26-9-7-23)15-17(22-18)27-14(10-25)20-15/h2-5,10H,6-9H2,1H3. The van der Waals surface area contributed by atoms with Crippen LogP contribution >= 0.6 is 11.3 Å². The van der Waals surface area contributed by atoms with Gasteiger partial charge in [-0.25, -0.2) is 9.97 Å². The van der Waals surface area contributed by atoms with Crippen LogP contribution in [-0.2, 0) is 4.74 Å². The van der Waals surface area contributed by atoms with Crippen molar-refractivity contribution in [1.29, 1.82) is 0 Å². The van der Waals surface area contributed by atoms with E-state index in [1.54, 1.807) is 0 Å². The fourth-order valence-electron chi connectivity index (χ4n) is 3.36. The number of benzene rings is 1. The van der Waals surface area contributed by atoms with E-state index in [4.69, 9.17) is 14.7 Å². The minimum Gasteiger partial charge on any atom is -0.378 e. The van der Waals surface area contributed by atoms with Gasteiger partial charge in [-0.3, -0.25) is 9.36 Å². The summed E-state index contributed by atoms with van der Waals surface area (Å²) >= 11 is 1.28. The number of rotatable bonds is 3. The van der Waals surface area contributed by atoms with Crippen LogP contribution in [0.3, 0.4) is 0 Å². The van der Waals surface area contributed by atoms with Crippen molar-refractivity contribution in [3.05, 3.63) is 35.1 Å². The Hall–Kier alpha value is -2.91. The third kappa shape index (κ3) is 2.66. The molecular weight excluding hydrogens is 364 g/mol. The first kappa shape index (κ1) is 16.3. The fraction of sp³-hybridized carbons (Fsp3) is 0.278. The highest BCUT2D eigenvalue weighted by molar-refractivity contribution is 7.19. The summed E-state index contributed by atoms with van der Waals surface area (Å²) in [5, 5.41) is 0.401. The predicted molar refractivity (Wildman–Crippen MR) is 103 cm³/mol. The van der Waals surface area contributed by atoms with Crippen molar-refractivity contribution in [3.63, 3.8) is 0 Å². The van der Waals surface area contributed by atoms with Gasteiger partial charge in [0, 0.05) is 13.1 Å². The largest absolute Gasteiger partial charge is 0.378 e. The molecule has 0 spiro atoms. The molecule has 1 fully saturated rings. The lowest BCUT2D eigenvalue weighted by atomic mass is 10.3. The van der Waals surface area contributed by atoms with Crippen LogP contribution in [0.1, 0.15) is 15.6 Å². The Labute approximate surface area is 158 Å². The summed E-state index contributed by atoms with van der Waals surface area (Å²) in [6.45, 7) is 4.66. The molecule has 0 amide bonds. The molecule has 27 heavy (non-hydrogen) atoms. The lowest BCUT2D eigenvalue weighted by molar-refractivity contribution is 0.112. The van der Waals surface area contributed by atoms with Gasteiger partial charge < -0.3 is 9.64 Å². The Morgan fingerprint density at radius 1 is 1.11 bits per heavy atom. The second-order valence-corrected chi connectivity index (χ2v) is 7.26. The summed E-state index contributed by atoms with van der Waals surface area (Å²) in [5.74, 6) is 2.08. The van der Waals surface area contributed by atoms with Gasteiger partial charge >= 0.3 is 0 Å². The second-order valence-electron chi connectivity index (χ2n) is 6.25. The molecular formula is C18H16N6O2S. The number of aldehydes is 1.